The average molecular weight is 346 g/mol. The Kier molecular flexibility index (Phi) is 6.38. The van der Waals surface area contributed by atoms with Crippen LogP contribution in [-0.2, 0) is 4.74 Å². The first-order chi connectivity index (χ1) is 11.5. The number of ether oxygens (including phenoxy) is 1. The minimum Gasteiger partial charge on any atom is -0.462 e. The molecule has 1 N–H and O–H groups in total. The number of benzene rings is 2. The SMILES string of the molecule is CC(C)COC(=O)c1cccc(NCC(=O)c2ccc(Cl)cc2)c1. The van der Waals surface area contributed by atoms with E-state index in [1.165, 1.54) is 0 Å². The molecule has 0 saturated heterocycles. The zero-order chi connectivity index (χ0) is 17.5. The summed E-state index contributed by atoms with van der Waals surface area (Å²) in [4.78, 5) is 24.1. The van der Waals surface area contributed by atoms with Crippen LogP contribution < -0.4 is 5.32 Å². The molecule has 0 atom stereocenters. The Morgan fingerprint density at radius 2 is 1.79 bits per heavy atom. The molecular weight excluding hydrogens is 326 g/mol. The van der Waals surface area contributed by atoms with Crippen LogP contribution >= 0.6 is 11.6 Å². The molecule has 2 aromatic rings. The number of hydrogen-bond acceptors (Lipinski definition) is 4. The Balaban J connectivity index is 1.95. The Morgan fingerprint density at radius 1 is 1.08 bits per heavy atom. The normalized spacial score (nSPS) is 10.5. The Labute approximate surface area is 146 Å². The van der Waals surface area contributed by atoms with E-state index >= 15 is 0 Å². The molecule has 0 aliphatic rings. The Hall–Kier alpha value is -2.33. The lowest BCUT2D eigenvalue weighted by Crippen LogP contribution is -2.14. The number of carbonyl (C=O) groups is 2. The van der Waals surface area contributed by atoms with E-state index in [1.54, 1.807) is 48.5 Å². The molecule has 0 aromatic heterocycles. The first kappa shape index (κ1) is 18.0. The van der Waals surface area contributed by atoms with Crippen LogP contribution in [0.25, 0.3) is 0 Å². The number of Topliss-reactive ketones (excluding diaryl/α,β-unsaturated/α-hetero) is 1. The summed E-state index contributed by atoms with van der Waals surface area (Å²) in [5.41, 5.74) is 1.73. The van der Waals surface area contributed by atoms with E-state index in [2.05, 4.69) is 5.32 Å². The molecule has 0 unspecified atom stereocenters. The number of rotatable bonds is 7. The molecule has 0 fully saturated rings. The fourth-order valence-electron chi connectivity index (χ4n) is 2.00. The molecule has 2 aromatic carbocycles. The van der Waals surface area contributed by atoms with Gasteiger partial charge in [-0.05, 0) is 48.4 Å². The molecule has 0 aliphatic carbocycles. The molecule has 0 amide bonds. The van der Waals surface area contributed by atoms with Crippen LogP contribution in [0, 0.1) is 5.92 Å². The third-order valence-corrected chi connectivity index (χ3v) is 3.52. The number of carbonyl (C=O) groups excluding carboxylic acids is 2. The number of anilines is 1. The van der Waals surface area contributed by atoms with Crippen molar-refractivity contribution < 1.29 is 14.3 Å². The lowest BCUT2D eigenvalue weighted by molar-refractivity contribution is 0.0459. The second-order valence-electron chi connectivity index (χ2n) is 5.86. The highest BCUT2D eigenvalue weighted by atomic mass is 35.5. The van der Waals surface area contributed by atoms with Crippen molar-refractivity contribution in [1.29, 1.82) is 0 Å². The molecule has 5 heteroatoms. The molecule has 0 spiro atoms. The van der Waals surface area contributed by atoms with Gasteiger partial charge < -0.3 is 10.1 Å². The number of nitrogens with one attached hydrogen (secondary N) is 1. The molecule has 126 valence electrons. The van der Waals surface area contributed by atoms with Crippen molar-refractivity contribution in [1.82, 2.24) is 0 Å². The molecule has 0 bridgehead atoms. The van der Waals surface area contributed by atoms with E-state index < -0.39 is 0 Å². The van der Waals surface area contributed by atoms with Crippen LogP contribution in [-0.4, -0.2) is 24.9 Å². The van der Waals surface area contributed by atoms with Crippen molar-refractivity contribution in [3.05, 3.63) is 64.7 Å². The molecule has 0 heterocycles. The van der Waals surface area contributed by atoms with Crippen LogP contribution in [0.2, 0.25) is 5.02 Å². The lowest BCUT2D eigenvalue weighted by atomic mass is 10.1. The van der Waals surface area contributed by atoms with Crippen LogP contribution in [0.4, 0.5) is 5.69 Å². The maximum Gasteiger partial charge on any atom is 0.338 e. The van der Waals surface area contributed by atoms with E-state index in [1.807, 2.05) is 13.8 Å². The highest BCUT2D eigenvalue weighted by Crippen LogP contribution is 2.14. The number of ketones is 1. The first-order valence-electron chi connectivity index (χ1n) is 7.75. The van der Waals surface area contributed by atoms with Crippen molar-refractivity contribution in [3.63, 3.8) is 0 Å². The van der Waals surface area contributed by atoms with E-state index in [0.29, 0.717) is 28.4 Å². The van der Waals surface area contributed by atoms with Crippen molar-refractivity contribution in [2.24, 2.45) is 5.92 Å². The maximum absolute atomic E-state index is 12.1. The fourth-order valence-corrected chi connectivity index (χ4v) is 2.13. The van der Waals surface area contributed by atoms with Gasteiger partial charge in [-0.25, -0.2) is 4.79 Å². The van der Waals surface area contributed by atoms with Crippen LogP contribution in [0.3, 0.4) is 0 Å². The van der Waals surface area contributed by atoms with E-state index in [-0.39, 0.29) is 24.2 Å². The van der Waals surface area contributed by atoms with Crippen LogP contribution in [0.1, 0.15) is 34.6 Å². The highest BCUT2D eigenvalue weighted by Gasteiger charge is 2.10. The molecule has 24 heavy (non-hydrogen) atoms. The summed E-state index contributed by atoms with van der Waals surface area (Å²) < 4.78 is 5.20. The van der Waals surface area contributed by atoms with Crippen molar-refractivity contribution >= 4 is 29.0 Å². The fraction of sp³-hybridized carbons (Fsp3) is 0.263. The second-order valence-corrected chi connectivity index (χ2v) is 6.29. The molecule has 4 nitrogen and oxygen atoms in total. The number of esters is 1. The van der Waals surface area contributed by atoms with Gasteiger partial charge in [-0.1, -0.05) is 31.5 Å². The summed E-state index contributed by atoms with van der Waals surface area (Å²) in [7, 11) is 0. The smallest absolute Gasteiger partial charge is 0.338 e. The van der Waals surface area contributed by atoms with Gasteiger partial charge >= 0.3 is 5.97 Å². The van der Waals surface area contributed by atoms with Crippen molar-refractivity contribution in [2.75, 3.05) is 18.5 Å². The lowest BCUT2D eigenvalue weighted by Gasteiger charge is -2.09. The largest absolute Gasteiger partial charge is 0.462 e. The summed E-state index contributed by atoms with van der Waals surface area (Å²) in [6, 6.07) is 13.7. The van der Waals surface area contributed by atoms with Gasteiger partial charge in [0, 0.05) is 16.3 Å². The van der Waals surface area contributed by atoms with Gasteiger partial charge in [0.25, 0.3) is 0 Å². The highest BCUT2D eigenvalue weighted by molar-refractivity contribution is 6.30. The molecule has 2 rings (SSSR count). The monoisotopic (exact) mass is 345 g/mol. The zero-order valence-corrected chi connectivity index (χ0v) is 14.5. The Bertz CT molecular complexity index is 711. The predicted molar refractivity (Wildman–Crippen MR) is 95.8 cm³/mol. The van der Waals surface area contributed by atoms with Gasteiger partial charge in [0.1, 0.15) is 0 Å². The predicted octanol–water partition coefficient (Wildman–Crippen LogP) is 4.45. The summed E-state index contributed by atoms with van der Waals surface area (Å²) in [5.74, 6) is -0.136. The van der Waals surface area contributed by atoms with E-state index in [9.17, 15) is 9.59 Å². The third-order valence-electron chi connectivity index (χ3n) is 3.27. The minimum absolute atomic E-state index is 0.0561. The first-order valence-corrected chi connectivity index (χ1v) is 8.13. The molecule has 0 saturated carbocycles. The quantitative estimate of drug-likeness (QED) is 0.595. The summed E-state index contributed by atoms with van der Waals surface area (Å²) >= 11 is 5.81. The van der Waals surface area contributed by atoms with Crippen molar-refractivity contribution in [2.45, 2.75) is 13.8 Å². The summed E-state index contributed by atoms with van der Waals surface area (Å²) in [6.07, 6.45) is 0. The number of hydrogen-bond donors (Lipinski definition) is 1. The zero-order valence-electron chi connectivity index (χ0n) is 13.7. The van der Waals surface area contributed by atoms with Gasteiger partial charge in [-0.2, -0.15) is 0 Å². The van der Waals surface area contributed by atoms with Crippen molar-refractivity contribution in [3.8, 4) is 0 Å². The number of halogens is 1. The summed E-state index contributed by atoms with van der Waals surface area (Å²) in [6.45, 7) is 4.47. The molecule has 0 radical (unpaired) electrons. The average Bonchev–Trinajstić information content (AvgIpc) is 2.58. The van der Waals surface area contributed by atoms with Gasteiger partial charge in [0.2, 0.25) is 0 Å². The van der Waals surface area contributed by atoms with E-state index in [4.69, 9.17) is 16.3 Å². The van der Waals surface area contributed by atoms with Gasteiger partial charge in [-0.3, -0.25) is 4.79 Å². The second kappa shape index (κ2) is 8.50. The summed E-state index contributed by atoms with van der Waals surface area (Å²) in [5, 5.41) is 3.62. The van der Waals surface area contributed by atoms with Crippen LogP contribution in [0.5, 0.6) is 0 Å². The molecule has 0 aliphatic heterocycles. The van der Waals surface area contributed by atoms with E-state index in [0.717, 1.165) is 0 Å². The molecular formula is C19H20ClNO3. The van der Waals surface area contributed by atoms with Crippen LogP contribution in [0.15, 0.2) is 48.5 Å². The minimum atomic E-state index is -0.364. The standard InChI is InChI=1S/C19H20ClNO3/c1-13(2)12-24-19(23)15-4-3-5-17(10-15)21-11-18(22)14-6-8-16(20)9-7-14/h3-10,13,21H,11-12H2,1-2H3. The van der Waals surface area contributed by atoms with Gasteiger partial charge in [0.15, 0.2) is 5.78 Å². The van der Waals surface area contributed by atoms with Gasteiger partial charge in [0.05, 0.1) is 18.7 Å². The third kappa shape index (κ3) is 5.39. The maximum atomic E-state index is 12.1. The topological polar surface area (TPSA) is 55.4 Å². The van der Waals surface area contributed by atoms with Gasteiger partial charge in [-0.15, -0.1) is 0 Å². The Morgan fingerprint density at radius 3 is 2.46 bits per heavy atom.